The Kier molecular flexibility index (Phi) is 2.18. The van der Waals surface area contributed by atoms with Gasteiger partial charge in [-0.2, -0.15) is 0 Å². The second kappa shape index (κ2) is 2.79. The van der Waals surface area contributed by atoms with E-state index in [4.69, 9.17) is 5.11 Å². The normalized spacial score (nSPS) is 19.9. The lowest BCUT2D eigenvalue weighted by molar-refractivity contribution is 0.132. The van der Waals surface area contributed by atoms with Crippen LogP contribution in [0.15, 0.2) is 0 Å². The van der Waals surface area contributed by atoms with Gasteiger partial charge in [0.15, 0.2) is 4.75 Å². The highest BCUT2D eigenvalue weighted by Crippen LogP contribution is 2.47. The van der Waals surface area contributed by atoms with E-state index in [1.54, 1.807) is 0 Å². The summed E-state index contributed by atoms with van der Waals surface area (Å²) in [7, 11) is -4.45. The van der Waals surface area contributed by atoms with Crippen molar-refractivity contribution in [1.29, 1.82) is 0 Å². The average molecular weight is 215 g/mol. The summed E-state index contributed by atoms with van der Waals surface area (Å²) in [5.74, 6) is 0. The monoisotopic (exact) mass is 215 g/mol. The fourth-order valence-corrected chi connectivity index (χ4v) is 2.25. The summed E-state index contributed by atoms with van der Waals surface area (Å²) in [5, 5.41) is 8.09. The van der Waals surface area contributed by atoms with Gasteiger partial charge in [0, 0.05) is 0 Å². The minimum atomic E-state index is -4.45. The van der Waals surface area contributed by atoms with Gasteiger partial charge in [0.25, 0.3) is 6.43 Å². The first kappa shape index (κ1) is 10.2. The van der Waals surface area contributed by atoms with Gasteiger partial charge >= 0.3 is 6.09 Å². The minimum Gasteiger partial charge on any atom is -0.464 e. The van der Waals surface area contributed by atoms with Crippen LogP contribution in [0.1, 0.15) is 12.8 Å². The molecule has 0 atom stereocenters. The number of rotatable bonds is 3. The molecule has 0 aromatic rings. The van der Waals surface area contributed by atoms with E-state index in [0.717, 1.165) is 4.72 Å². The number of hydrogen-bond acceptors (Lipinski definition) is 3. The molecule has 1 aliphatic carbocycles. The Labute approximate surface area is 72.8 Å². The molecule has 0 aromatic carbocycles. The molecule has 5 nitrogen and oxygen atoms in total. The zero-order valence-electron chi connectivity index (χ0n) is 6.33. The summed E-state index contributed by atoms with van der Waals surface area (Å²) < 4.78 is 45.3. The van der Waals surface area contributed by atoms with E-state index in [-0.39, 0.29) is 12.8 Å². The molecule has 13 heavy (non-hydrogen) atoms. The van der Waals surface area contributed by atoms with Gasteiger partial charge in [0.2, 0.25) is 10.0 Å². The van der Waals surface area contributed by atoms with Crippen molar-refractivity contribution in [3.63, 3.8) is 0 Å². The Hall–Kier alpha value is -0.920. The van der Waals surface area contributed by atoms with E-state index < -0.39 is 27.3 Å². The number of sulfonamides is 1. The van der Waals surface area contributed by atoms with E-state index in [9.17, 15) is 22.0 Å². The Morgan fingerprint density at radius 2 is 1.92 bits per heavy atom. The van der Waals surface area contributed by atoms with E-state index in [0.29, 0.717) is 0 Å². The second-order valence-electron chi connectivity index (χ2n) is 2.78. The Bertz CT molecular complexity index is 321. The van der Waals surface area contributed by atoms with Crippen LogP contribution >= 0.6 is 0 Å². The zero-order chi connectivity index (χ0) is 10.3. The Morgan fingerprint density at radius 3 is 2.15 bits per heavy atom. The van der Waals surface area contributed by atoms with Gasteiger partial charge in [-0.3, -0.25) is 0 Å². The Balaban J connectivity index is 2.88. The van der Waals surface area contributed by atoms with Crippen LogP contribution in [-0.4, -0.2) is 30.8 Å². The molecule has 0 unspecified atom stereocenters. The molecule has 0 spiro atoms. The summed E-state index contributed by atoms with van der Waals surface area (Å²) in [4.78, 5) is 9.98. The van der Waals surface area contributed by atoms with Gasteiger partial charge in [-0.15, -0.1) is 0 Å². The minimum absolute atomic E-state index is 0.201. The summed E-state index contributed by atoms with van der Waals surface area (Å²) in [6.07, 6.45) is -5.29. The summed E-state index contributed by atoms with van der Waals surface area (Å²) >= 11 is 0. The molecule has 1 fully saturated rings. The maximum Gasteiger partial charge on any atom is 0.418 e. The number of alkyl halides is 2. The van der Waals surface area contributed by atoms with Gasteiger partial charge in [0.1, 0.15) is 0 Å². The third kappa shape index (κ3) is 1.58. The van der Waals surface area contributed by atoms with Crippen LogP contribution in [0.2, 0.25) is 0 Å². The lowest BCUT2D eigenvalue weighted by atomic mass is 10.4. The first-order valence-electron chi connectivity index (χ1n) is 3.35. The molecule has 2 N–H and O–H groups in total. The van der Waals surface area contributed by atoms with Crippen molar-refractivity contribution < 1.29 is 27.1 Å². The number of halogens is 2. The van der Waals surface area contributed by atoms with Gasteiger partial charge in [0.05, 0.1) is 0 Å². The first-order valence-corrected chi connectivity index (χ1v) is 4.83. The van der Waals surface area contributed by atoms with Gasteiger partial charge in [-0.25, -0.2) is 26.7 Å². The fraction of sp³-hybridized carbons (Fsp3) is 0.800. The van der Waals surface area contributed by atoms with Crippen molar-refractivity contribution in [3.8, 4) is 0 Å². The predicted molar refractivity (Wildman–Crippen MR) is 38.0 cm³/mol. The maximum absolute atomic E-state index is 12.2. The Morgan fingerprint density at radius 1 is 1.46 bits per heavy atom. The van der Waals surface area contributed by atoms with E-state index in [1.807, 2.05) is 0 Å². The third-order valence-electron chi connectivity index (χ3n) is 1.90. The largest absolute Gasteiger partial charge is 0.464 e. The van der Waals surface area contributed by atoms with E-state index in [1.165, 1.54) is 0 Å². The van der Waals surface area contributed by atoms with E-state index >= 15 is 0 Å². The second-order valence-corrected chi connectivity index (χ2v) is 4.80. The molecule has 1 aliphatic rings. The topological polar surface area (TPSA) is 83.5 Å². The quantitative estimate of drug-likeness (QED) is 0.712. The molecule has 76 valence electrons. The number of carbonyl (C=O) groups is 1. The number of amides is 1. The lowest BCUT2D eigenvalue weighted by Gasteiger charge is -2.13. The molecule has 1 rings (SSSR count). The van der Waals surface area contributed by atoms with Crippen molar-refractivity contribution in [2.24, 2.45) is 0 Å². The zero-order valence-corrected chi connectivity index (χ0v) is 7.14. The van der Waals surface area contributed by atoms with Crippen molar-refractivity contribution in [3.05, 3.63) is 0 Å². The average Bonchev–Trinajstić information content (AvgIpc) is 2.60. The highest BCUT2D eigenvalue weighted by Gasteiger charge is 2.62. The van der Waals surface area contributed by atoms with Gasteiger partial charge in [-0.1, -0.05) is 0 Å². The molecular formula is C5H7F2NO4S. The molecule has 0 bridgehead atoms. The van der Waals surface area contributed by atoms with Crippen LogP contribution in [-0.2, 0) is 10.0 Å². The molecule has 0 aromatic heterocycles. The molecule has 8 heteroatoms. The third-order valence-corrected chi connectivity index (χ3v) is 4.00. The van der Waals surface area contributed by atoms with Crippen molar-refractivity contribution in [2.75, 3.05) is 0 Å². The smallest absolute Gasteiger partial charge is 0.418 e. The molecule has 0 heterocycles. The standard InChI is InChI=1S/C5H7F2NO4S/c6-3(7)5(1-2-5)13(11,12)8-4(9)10/h3,8H,1-2H2,(H,9,10). The van der Waals surface area contributed by atoms with Crippen LogP contribution in [0, 0.1) is 0 Å². The highest BCUT2D eigenvalue weighted by atomic mass is 32.2. The lowest BCUT2D eigenvalue weighted by Crippen LogP contribution is -2.43. The van der Waals surface area contributed by atoms with Gasteiger partial charge < -0.3 is 5.11 Å². The summed E-state index contributed by atoms with van der Waals surface area (Å²) in [5.41, 5.74) is 0. The van der Waals surface area contributed by atoms with Crippen molar-refractivity contribution >= 4 is 16.1 Å². The van der Waals surface area contributed by atoms with Gasteiger partial charge in [-0.05, 0) is 12.8 Å². The SMILES string of the molecule is O=C(O)NS(=O)(=O)C1(C(F)F)CC1. The van der Waals surface area contributed by atoms with Crippen LogP contribution in [0.4, 0.5) is 13.6 Å². The molecule has 1 saturated carbocycles. The highest BCUT2D eigenvalue weighted by molar-refractivity contribution is 7.91. The fourth-order valence-electron chi connectivity index (χ4n) is 0.944. The van der Waals surface area contributed by atoms with Crippen LogP contribution in [0.25, 0.3) is 0 Å². The summed E-state index contributed by atoms with van der Waals surface area (Å²) in [6.45, 7) is 0. The maximum atomic E-state index is 12.2. The molecular weight excluding hydrogens is 208 g/mol. The molecule has 0 radical (unpaired) electrons. The van der Waals surface area contributed by atoms with Crippen LogP contribution < -0.4 is 4.72 Å². The summed E-state index contributed by atoms with van der Waals surface area (Å²) in [6, 6.07) is 0. The predicted octanol–water partition coefficient (Wildman–Crippen LogP) is 0.381. The van der Waals surface area contributed by atoms with E-state index in [2.05, 4.69) is 0 Å². The number of hydrogen-bond donors (Lipinski definition) is 2. The first-order chi connectivity index (χ1) is 5.82. The van der Waals surface area contributed by atoms with Crippen LogP contribution in [0.3, 0.4) is 0 Å². The van der Waals surface area contributed by atoms with Crippen molar-refractivity contribution in [1.82, 2.24) is 4.72 Å². The molecule has 1 amide bonds. The molecule has 0 saturated heterocycles. The van der Waals surface area contributed by atoms with Crippen LogP contribution in [0.5, 0.6) is 0 Å². The van der Waals surface area contributed by atoms with Crippen molar-refractivity contribution in [2.45, 2.75) is 24.0 Å². The number of carboxylic acid groups (broad SMARTS) is 1. The number of nitrogens with one attached hydrogen (secondary N) is 1. The molecule has 0 aliphatic heterocycles.